The Balaban J connectivity index is 1.45. The minimum absolute atomic E-state index is 0.0262. The summed E-state index contributed by atoms with van der Waals surface area (Å²) in [5.74, 6) is 0.0642. The number of aromatic nitrogens is 4. The molecule has 0 spiro atoms. The topological polar surface area (TPSA) is 162 Å². The lowest BCUT2D eigenvalue weighted by atomic mass is 9.66. The number of carbonyl (C=O) groups excluding carboxylic acids is 4. The van der Waals surface area contributed by atoms with Gasteiger partial charge in [-0.25, -0.2) is 38.3 Å². The van der Waals surface area contributed by atoms with Crippen molar-refractivity contribution in [1.29, 1.82) is 0 Å². The fourth-order valence-electron chi connectivity index (χ4n) is 6.33. The summed E-state index contributed by atoms with van der Waals surface area (Å²) >= 11 is 0. The molecule has 1 aliphatic carbocycles. The van der Waals surface area contributed by atoms with Gasteiger partial charge in [-0.15, -0.1) is 0 Å². The molecule has 1 fully saturated rings. The number of anilines is 2. The Morgan fingerprint density at radius 1 is 0.818 bits per heavy atom. The van der Waals surface area contributed by atoms with Gasteiger partial charge >= 0.3 is 24.2 Å². The zero-order valence-electron chi connectivity index (χ0n) is 25.5. The second kappa shape index (κ2) is 11.5. The van der Waals surface area contributed by atoms with E-state index in [0.29, 0.717) is 41.3 Å². The number of hydrogen-bond donors (Lipinski definition) is 3. The van der Waals surface area contributed by atoms with Crippen LogP contribution in [0.15, 0.2) is 48.5 Å². The van der Waals surface area contributed by atoms with Gasteiger partial charge in [0.15, 0.2) is 0 Å². The first-order valence-corrected chi connectivity index (χ1v) is 14.1. The third-order valence-corrected chi connectivity index (χ3v) is 8.08. The van der Waals surface area contributed by atoms with Crippen LogP contribution in [0.5, 0.6) is 0 Å². The monoisotopic (exact) mass is 604 g/mol. The number of hydrogen-bond acceptors (Lipinski definition) is 8. The van der Waals surface area contributed by atoms with E-state index in [1.54, 1.807) is 60.5 Å². The number of rotatable bonds is 4. The van der Waals surface area contributed by atoms with Gasteiger partial charge in [-0.2, -0.15) is 0 Å². The highest BCUT2D eigenvalue weighted by molar-refractivity contribution is 5.97. The maximum atomic E-state index is 14.2. The predicted octanol–water partition coefficient (Wildman–Crippen LogP) is 5.24. The van der Waals surface area contributed by atoms with Crippen molar-refractivity contribution < 1.29 is 28.7 Å². The quantitative estimate of drug-likeness (QED) is 0.285. The van der Waals surface area contributed by atoms with Crippen LogP contribution in [0.1, 0.15) is 40.0 Å². The zero-order chi connectivity index (χ0) is 31.8. The summed E-state index contributed by atoms with van der Waals surface area (Å²) in [5, 5.41) is 8.18. The number of amides is 4. The van der Waals surface area contributed by atoms with Crippen molar-refractivity contribution in [3.8, 4) is 0 Å². The number of carbonyl (C=O) groups is 4. The normalized spacial score (nSPS) is 19.3. The molecular formula is C30H36N8O6. The van der Waals surface area contributed by atoms with Gasteiger partial charge < -0.3 is 19.7 Å². The Hall–Kier alpha value is -5.14. The summed E-state index contributed by atoms with van der Waals surface area (Å²) in [7, 11) is 4.17. The third-order valence-electron chi connectivity index (χ3n) is 8.08. The molecule has 2 unspecified atom stereocenters. The maximum absolute atomic E-state index is 14.2. The molecule has 44 heavy (non-hydrogen) atoms. The molecule has 0 aliphatic heterocycles. The number of fused-ring (bicyclic) bond motifs is 2. The van der Waals surface area contributed by atoms with E-state index < -0.39 is 29.8 Å². The molecule has 2 aromatic carbocycles. The van der Waals surface area contributed by atoms with E-state index in [9.17, 15) is 19.2 Å². The number of imidazole rings is 2. The van der Waals surface area contributed by atoms with E-state index in [0.717, 1.165) is 0 Å². The number of methoxy groups -OCH3 is 2. The lowest BCUT2D eigenvalue weighted by Crippen LogP contribution is -2.58. The van der Waals surface area contributed by atoms with E-state index in [2.05, 4.69) is 39.8 Å². The molecule has 4 amide bonds. The van der Waals surface area contributed by atoms with Crippen LogP contribution in [0.25, 0.3) is 22.1 Å². The first kappa shape index (κ1) is 30.3. The molecule has 2 atom stereocenters. The van der Waals surface area contributed by atoms with Crippen molar-refractivity contribution in [2.75, 3.05) is 31.9 Å². The van der Waals surface area contributed by atoms with Crippen molar-refractivity contribution in [2.24, 2.45) is 5.41 Å². The molecule has 0 saturated heterocycles. The Kier molecular flexibility index (Phi) is 7.93. The molecule has 5 rings (SSSR count). The van der Waals surface area contributed by atoms with Gasteiger partial charge in [0.25, 0.3) is 0 Å². The largest absolute Gasteiger partial charge is 0.453 e. The summed E-state index contributed by atoms with van der Waals surface area (Å²) in [4.78, 5) is 62.5. The van der Waals surface area contributed by atoms with Gasteiger partial charge in [0.1, 0.15) is 0 Å². The number of benzene rings is 2. The van der Waals surface area contributed by atoms with Crippen LogP contribution in [-0.2, 0) is 9.47 Å². The molecule has 0 radical (unpaired) electrons. The first-order valence-electron chi connectivity index (χ1n) is 14.1. The van der Waals surface area contributed by atoms with Crippen molar-refractivity contribution in [1.82, 2.24) is 29.3 Å². The molecule has 4 aromatic rings. The molecule has 1 aliphatic rings. The van der Waals surface area contributed by atoms with Crippen LogP contribution >= 0.6 is 0 Å². The molecule has 232 valence electrons. The van der Waals surface area contributed by atoms with Gasteiger partial charge in [-0.05, 0) is 55.9 Å². The van der Waals surface area contributed by atoms with E-state index in [-0.39, 0.29) is 23.4 Å². The number of nitrogens with one attached hydrogen (secondary N) is 3. The lowest BCUT2D eigenvalue weighted by Gasteiger charge is -2.50. The average molecular weight is 605 g/mol. The van der Waals surface area contributed by atoms with Crippen LogP contribution in [0.4, 0.5) is 31.1 Å². The molecule has 2 aromatic heterocycles. The maximum Gasteiger partial charge on any atom is 0.413 e. The van der Waals surface area contributed by atoms with Crippen LogP contribution in [0.3, 0.4) is 0 Å². The highest BCUT2D eigenvalue weighted by atomic mass is 16.5. The second-order valence-corrected chi connectivity index (χ2v) is 12.0. The Bertz CT molecular complexity index is 1760. The van der Waals surface area contributed by atoms with Gasteiger partial charge in [0, 0.05) is 18.6 Å². The third kappa shape index (κ3) is 5.74. The molecule has 0 bridgehead atoms. The Labute approximate surface area is 253 Å². The van der Waals surface area contributed by atoms with Gasteiger partial charge in [0.05, 0.1) is 36.3 Å². The van der Waals surface area contributed by atoms with Crippen LogP contribution in [-0.4, -0.2) is 81.1 Å². The summed E-state index contributed by atoms with van der Waals surface area (Å²) in [6.07, 6.45) is 0.214. The van der Waals surface area contributed by atoms with Crippen LogP contribution < -0.4 is 16.0 Å². The molecular weight excluding hydrogens is 568 g/mol. The standard InChI is InChI=1S/C30H36N8O6/c1-29(2)15-18(31-25(39)37-21-13-9-7-11-19(21)32-23(37)34-26(40)43-5)16-30(3,17-29)36(4)28(42)38-22-14-10-8-12-20(22)33-24(38)35-27(41)44-6/h7-14,18H,15-17H2,1-6H3,(H,31,39)(H,32,34,40)(H,33,35,41). The predicted molar refractivity (Wildman–Crippen MR) is 164 cm³/mol. The van der Waals surface area contributed by atoms with E-state index >= 15 is 0 Å². The summed E-state index contributed by atoms with van der Waals surface area (Å²) in [6.45, 7) is 6.17. The Morgan fingerprint density at radius 3 is 1.86 bits per heavy atom. The number of ether oxygens (including phenoxy) is 2. The molecule has 3 N–H and O–H groups in total. The Morgan fingerprint density at radius 2 is 1.32 bits per heavy atom. The van der Waals surface area contributed by atoms with Crippen molar-refractivity contribution >= 4 is 58.2 Å². The SMILES string of the molecule is COC(=O)Nc1nc2ccccc2n1C(=O)NC1CC(C)(C)CC(C)(N(C)C(=O)n2c(NC(=O)OC)nc3ccccc32)C1. The highest BCUT2D eigenvalue weighted by Gasteiger charge is 2.46. The fourth-order valence-corrected chi connectivity index (χ4v) is 6.33. The lowest BCUT2D eigenvalue weighted by molar-refractivity contribution is 0.0417. The van der Waals surface area contributed by atoms with Crippen LogP contribution in [0, 0.1) is 5.41 Å². The summed E-state index contributed by atoms with van der Waals surface area (Å²) in [6, 6.07) is 12.9. The average Bonchev–Trinajstić information content (AvgIpc) is 3.52. The zero-order valence-corrected chi connectivity index (χ0v) is 25.5. The van der Waals surface area contributed by atoms with Gasteiger partial charge in [-0.1, -0.05) is 38.1 Å². The van der Waals surface area contributed by atoms with Gasteiger partial charge in [-0.3, -0.25) is 10.6 Å². The van der Waals surface area contributed by atoms with Crippen molar-refractivity contribution in [3.05, 3.63) is 48.5 Å². The molecule has 1 saturated carbocycles. The van der Waals surface area contributed by atoms with E-state index in [1.807, 2.05) is 6.92 Å². The van der Waals surface area contributed by atoms with Crippen molar-refractivity contribution in [2.45, 2.75) is 51.6 Å². The van der Waals surface area contributed by atoms with Crippen LogP contribution in [0.2, 0.25) is 0 Å². The minimum Gasteiger partial charge on any atom is -0.453 e. The second-order valence-electron chi connectivity index (χ2n) is 12.0. The number of para-hydroxylation sites is 4. The summed E-state index contributed by atoms with van der Waals surface area (Å²) < 4.78 is 12.1. The van der Waals surface area contributed by atoms with E-state index in [4.69, 9.17) is 9.47 Å². The first-order chi connectivity index (χ1) is 20.9. The minimum atomic E-state index is -0.756. The molecule has 2 heterocycles. The number of nitrogens with zero attached hydrogens (tertiary/aromatic N) is 5. The summed E-state index contributed by atoms with van der Waals surface area (Å²) in [5.41, 5.74) is 1.11. The molecule has 14 nitrogen and oxygen atoms in total. The van der Waals surface area contributed by atoms with Crippen molar-refractivity contribution in [3.63, 3.8) is 0 Å². The highest BCUT2D eigenvalue weighted by Crippen LogP contribution is 2.44. The fraction of sp³-hybridized carbons (Fsp3) is 0.400. The van der Waals surface area contributed by atoms with E-state index in [1.165, 1.54) is 23.4 Å². The smallest absolute Gasteiger partial charge is 0.413 e. The van der Waals surface area contributed by atoms with Gasteiger partial charge in [0.2, 0.25) is 11.9 Å². The molecule has 14 heteroatoms.